The molecule has 0 spiro atoms. The first kappa shape index (κ1) is 21.7. The van der Waals surface area contributed by atoms with Crippen LogP contribution < -0.4 is 14.8 Å². The first-order chi connectivity index (χ1) is 15.6. The number of aromatic nitrogens is 1. The lowest BCUT2D eigenvalue weighted by Gasteiger charge is -2.43. The van der Waals surface area contributed by atoms with Crippen LogP contribution in [0.25, 0.3) is 11.1 Å². The number of carbonyl (C=O) groups is 1. The number of nitrogens with zero attached hydrogens (tertiary/aromatic N) is 2. The van der Waals surface area contributed by atoms with Crippen LogP contribution in [-0.2, 0) is 5.54 Å². The van der Waals surface area contributed by atoms with Gasteiger partial charge >= 0.3 is 0 Å². The van der Waals surface area contributed by atoms with Crippen molar-refractivity contribution in [3.05, 3.63) is 77.5 Å². The fourth-order valence-corrected chi connectivity index (χ4v) is 4.31. The molecule has 1 saturated carbocycles. The third kappa shape index (κ3) is 4.27. The minimum absolute atomic E-state index is 0.120. The summed E-state index contributed by atoms with van der Waals surface area (Å²) in [7, 11) is 1.60. The molecule has 0 saturated heterocycles. The van der Waals surface area contributed by atoms with Crippen LogP contribution in [0.3, 0.4) is 0 Å². The molecule has 2 aromatic carbocycles. The summed E-state index contributed by atoms with van der Waals surface area (Å²) in [6.45, 7) is 0. The Morgan fingerprint density at radius 3 is 2.41 bits per heavy atom. The molecule has 0 bridgehead atoms. The van der Waals surface area contributed by atoms with E-state index in [2.05, 4.69) is 45.4 Å². The maximum atomic E-state index is 12.9. The number of hydrogen-bond acceptors (Lipinski definition) is 6. The van der Waals surface area contributed by atoms with Crippen molar-refractivity contribution in [3.8, 4) is 23.1 Å². The van der Waals surface area contributed by atoms with Gasteiger partial charge in [-0.1, -0.05) is 36.2 Å². The molecule has 0 unspecified atom stereocenters. The standard InChI is InChI=1S/C25H24N4O2S/c1-31-24-22(29-32-2)14-20(16-27-24)18-8-10-21(11-9-18)25(12-3-13-25)28-23(30)19-6-4-17(15-26)5-7-19/h4-11,14,16,29H,3,12-13H2,1-2H3,(H,28,30). The van der Waals surface area contributed by atoms with Crippen LogP contribution in [0.5, 0.6) is 5.88 Å². The molecule has 1 aromatic heterocycles. The summed E-state index contributed by atoms with van der Waals surface area (Å²) >= 11 is 1.48. The summed E-state index contributed by atoms with van der Waals surface area (Å²) in [6.07, 6.45) is 6.62. The molecular formula is C25H24N4O2S. The molecule has 1 aliphatic carbocycles. The molecule has 1 amide bonds. The minimum Gasteiger partial charge on any atom is -0.480 e. The number of nitriles is 1. The Morgan fingerprint density at radius 2 is 1.84 bits per heavy atom. The van der Waals surface area contributed by atoms with Gasteiger partial charge in [0, 0.05) is 23.6 Å². The normalized spacial score (nSPS) is 14.0. The van der Waals surface area contributed by atoms with E-state index in [9.17, 15) is 4.79 Å². The highest BCUT2D eigenvalue weighted by molar-refractivity contribution is 7.99. The number of nitrogens with one attached hydrogen (secondary N) is 2. The van der Waals surface area contributed by atoms with Crippen LogP contribution in [0.4, 0.5) is 5.69 Å². The number of ether oxygens (including phenoxy) is 1. The van der Waals surface area contributed by atoms with E-state index >= 15 is 0 Å². The van der Waals surface area contributed by atoms with Gasteiger partial charge in [0.05, 0.1) is 24.3 Å². The van der Waals surface area contributed by atoms with Gasteiger partial charge in [-0.2, -0.15) is 5.26 Å². The van der Waals surface area contributed by atoms with Crippen molar-refractivity contribution < 1.29 is 9.53 Å². The van der Waals surface area contributed by atoms with E-state index in [-0.39, 0.29) is 11.4 Å². The Kier molecular flexibility index (Phi) is 6.33. The molecule has 7 heteroatoms. The number of anilines is 1. The van der Waals surface area contributed by atoms with Crippen LogP contribution in [0, 0.1) is 11.3 Å². The molecule has 3 aromatic rings. The molecular weight excluding hydrogens is 420 g/mol. The molecule has 4 rings (SSSR count). The molecule has 32 heavy (non-hydrogen) atoms. The molecule has 6 nitrogen and oxygen atoms in total. The Labute approximate surface area is 192 Å². The van der Waals surface area contributed by atoms with E-state index in [0.717, 1.165) is 41.6 Å². The third-order valence-electron chi connectivity index (χ3n) is 5.86. The summed E-state index contributed by atoms with van der Waals surface area (Å²) in [5.74, 6) is 0.434. The van der Waals surface area contributed by atoms with Crippen LogP contribution in [-0.4, -0.2) is 24.3 Å². The Morgan fingerprint density at radius 1 is 1.12 bits per heavy atom. The number of methoxy groups -OCH3 is 1. The van der Waals surface area contributed by atoms with E-state index < -0.39 is 0 Å². The minimum atomic E-state index is -0.354. The van der Waals surface area contributed by atoms with Crippen molar-refractivity contribution in [1.82, 2.24) is 10.3 Å². The molecule has 1 aliphatic rings. The number of amides is 1. The maximum absolute atomic E-state index is 12.9. The molecule has 0 aliphatic heterocycles. The zero-order chi connectivity index (χ0) is 22.6. The quantitative estimate of drug-likeness (QED) is 0.492. The summed E-state index contributed by atoms with van der Waals surface area (Å²) < 4.78 is 8.52. The monoisotopic (exact) mass is 444 g/mol. The Balaban J connectivity index is 1.55. The highest BCUT2D eigenvalue weighted by Crippen LogP contribution is 2.42. The van der Waals surface area contributed by atoms with E-state index in [4.69, 9.17) is 10.00 Å². The van der Waals surface area contributed by atoms with Crippen molar-refractivity contribution in [3.63, 3.8) is 0 Å². The Bertz CT molecular complexity index is 1150. The van der Waals surface area contributed by atoms with Crippen LogP contribution >= 0.6 is 11.9 Å². The molecule has 1 fully saturated rings. The van der Waals surface area contributed by atoms with E-state index in [1.807, 2.05) is 12.3 Å². The lowest BCUT2D eigenvalue weighted by Crippen LogP contribution is -2.50. The summed E-state index contributed by atoms with van der Waals surface area (Å²) in [5.41, 5.74) is 4.70. The Hall–Kier alpha value is -3.50. The van der Waals surface area contributed by atoms with Gasteiger partial charge in [-0.05, 0) is 60.7 Å². The number of carbonyl (C=O) groups excluding carboxylic acids is 1. The zero-order valence-corrected chi connectivity index (χ0v) is 18.8. The van der Waals surface area contributed by atoms with Gasteiger partial charge in [-0.25, -0.2) is 4.98 Å². The molecule has 162 valence electrons. The molecule has 1 heterocycles. The second-order valence-corrected chi connectivity index (χ2v) is 8.36. The summed E-state index contributed by atoms with van der Waals surface area (Å²) in [5, 5.41) is 12.2. The topological polar surface area (TPSA) is 87.0 Å². The van der Waals surface area contributed by atoms with Crippen molar-refractivity contribution >= 4 is 23.5 Å². The molecule has 0 radical (unpaired) electrons. The predicted molar refractivity (Wildman–Crippen MR) is 128 cm³/mol. The average Bonchev–Trinajstić information content (AvgIpc) is 2.81. The van der Waals surface area contributed by atoms with Gasteiger partial charge in [-0.3, -0.25) is 4.79 Å². The van der Waals surface area contributed by atoms with Crippen molar-refractivity contribution in [1.29, 1.82) is 5.26 Å². The van der Waals surface area contributed by atoms with Gasteiger partial charge in [0.1, 0.15) is 5.69 Å². The smallest absolute Gasteiger partial charge is 0.251 e. The van der Waals surface area contributed by atoms with Gasteiger partial charge < -0.3 is 14.8 Å². The number of hydrogen-bond donors (Lipinski definition) is 2. The highest BCUT2D eigenvalue weighted by atomic mass is 32.2. The maximum Gasteiger partial charge on any atom is 0.251 e. The van der Waals surface area contributed by atoms with Gasteiger partial charge in [0.15, 0.2) is 0 Å². The van der Waals surface area contributed by atoms with Crippen molar-refractivity contribution in [2.75, 3.05) is 18.1 Å². The molecule has 2 N–H and O–H groups in total. The second kappa shape index (κ2) is 9.33. The van der Waals surface area contributed by atoms with E-state index in [1.54, 1.807) is 37.6 Å². The van der Waals surface area contributed by atoms with Gasteiger partial charge in [0.25, 0.3) is 5.91 Å². The number of pyridine rings is 1. The lowest BCUT2D eigenvalue weighted by molar-refractivity contribution is 0.0823. The predicted octanol–water partition coefficient (Wildman–Crippen LogP) is 5.13. The number of benzene rings is 2. The van der Waals surface area contributed by atoms with Crippen molar-refractivity contribution in [2.24, 2.45) is 0 Å². The lowest BCUT2D eigenvalue weighted by atomic mass is 9.71. The van der Waals surface area contributed by atoms with Crippen molar-refractivity contribution in [2.45, 2.75) is 24.8 Å². The van der Waals surface area contributed by atoms with Gasteiger partial charge in [0.2, 0.25) is 5.88 Å². The van der Waals surface area contributed by atoms with Crippen LogP contribution in [0.15, 0.2) is 60.8 Å². The number of rotatable bonds is 7. The fraction of sp³-hybridized carbons (Fsp3) is 0.240. The third-order valence-corrected chi connectivity index (χ3v) is 6.29. The van der Waals surface area contributed by atoms with Crippen LogP contribution in [0.2, 0.25) is 0 Å². The zero-order valence-electron chi connectivity index (χ0n) is 18.0. The largest absolute Gasteiger partial charge is 0.480 e. The first-order valence-corrected chi connectivity index (χ1v) is 11.6. The SMILES string of the molecule is COc1ncc(-c2ccc(C3(NC(=O)c4ccc(C#N)cc4)CCC3)cc2)cc1NSC. The molecule has 0 atom stereocenters. The fourth-order valence-electron chi connectivity index (χ4n) is 3.94. The summed E-state index contributed by atoms with van der Waals surface area (Å²) in [4.78, 5) is 17.3. The van der Waals surface area contributed by atoms with Crippen LogP contribution in [0.1, 0.15) is 40.7 Å². The first-order valence-electron chi connectivity index (χ1n) is 10.4. The summed E-state index contributed by atoms with van der Waals surface area (Å²) in [6, 6.07) is 19.1. The second-order valence-electron chi connectivity index (χ2n) is 7.74. The van der Waals surface area contributed by atoms with Gasteiger partial charge in [-0.15, -0.1) is 0 Å². The average molecular weight is 445 g/mol. The van der Waals surface area contributed by atoms with E-state index in [1.165, 1.54) is 11.9 Å². The van der Waals surface area contributed by atoms with E-state index in [0.29, 0.717) is 17.0 Å². The highest BCUT2D eigenvalue weighted by Gasteiger charge is 2.40.